The van der Waals surface area contributed by atoms with E-state index in [1.165, 1.54) is 0 Å². The van der Waals surface area contributed by atoms with E-state index in [2.05, 4.69) is 16.5 Å². The Morgan fingerprint density at radius 1 is 1.28 bits per heavy atom. The lowest BCUT2D eigenvalue weighted by atomic mass is 9.93. The minimum absolute atomic E-state index is 0.0505. The zero-order valence-electron chi connectivity index (χ0n) is 15.1. The van der Waals surface area contributed by atoms with Gasteiger partial charge in [0.1, 0.15) is 18.1 Å². The Bertz CT molecular complexity index is 783. The Hall–Kier alpha value is -2.89. The zero-order chi connectivity index (χ0) is 18.6. The average molecular weight is 340 g/mol. The van der Waals surface area contributed by atoms with Gasteiger partial charge in [0.2, 0.25) is 5.88 Å². The maximum Gasteiger partial charge on any atom is 0.213 e. The second kappa shape index (κ2) is 7.34. The Labute approximate surface area is 148 Å². The quantitative estimate of drug-likeness (QED) is 0.458. The largest absolute Gasteiger partial charge is 0.501 e. The zero-order valence-corrected chi connectivity index (χ0v) is 15.1. The van der Waals surface area contributed by atoms with Gasteiger partial charge in [-0.15, -0.1) is 0 Å². The number of pyridine rings is 2. The first-order valence-electron chi connectivity index (χ1n) is 7.88. The Balaban J connectivity index is 2.15. The van der Waals surface area contributed by atoms with Crippen LogP contribution in [0.25, 0.3) is 11.1 Å². The molecule has 2 aromatic rings. The van der Waals surface area contributed by atoms with Gasteiger partial charge < -0.3 is 15.2 Å². The van der Waals surface area contributed by atoms with Gasteiger partial charge in [0, 0.05) is 29.6 Å². The van der Waals surface area contributed by atoms with Crippen LogP contribution in [0.15, 0.2) is 42.9 Å². The number of ether oxygens (including phenoxy) is 2. The molecule has 0 atom stereocenters. The predicted octanol–water partition coefficient (Wildman–Crippen LogP) is 3.30. The van der Waals surface area contributed by atoms with Crippen LogP contribution in [-0.2, 0) is 4.74 Å². The maximum atomic E-state index is 7.39. The molecule has 0 amide bonds. The number of hydrogen-bond donors (Lipinski definition) is 2. The van der Waals surface area contributed by atoms with Crippen molar-refractivity contribution in [3.8, 4) is 17.0 Å². The molecule has 0 aliphatic carbocycles. The minimum atomic E-state index is -0.310. The summed E-state index contributed by atoms with van der Waals surface area (Å²) in [7, 11) is 1.60. The van der Waals surface area contributed by atoms with Crippen LogP contribution in [0.3, 0.4) is 0 Å². The van der Waals surface area contributed by atoms with Crippen molar-refractivity contribution < 1.29 is 9.47 Å². The van der Waals surface area contributed by atoms with Gasteiger partial charge in [0.05, 0.1) is 18.3 Å². The standard InChI is InChI=1S/C19H24N4O2/c1-12-8-17(25-11-19(3,4)13(2)24-5)23-10-15(12)14-6-7-16(18(20)21)22-9-14/h6-10H,2,11H2,1,3-5H3,(H3,20,21). The molecular formula is C19H24N4O2. The van der Waals surface area contributed by atoms with Crippen LogP contribution in [0.1, 0.15) is 25.1 Å². The normalized spacial score (nSPS) is 11.0. The molecule has 3 N–H and O–H groups in total. The van der Waals surface area contributed by atoms with E-state index >= 15 is 0 Å². The molecule has 2 aromatic heterocycles. The van der Waals surface area contributed by atoms with E-state index in [-0.39, 0.29) is 11.3 Å². The van der Waals surface area contributed by atoms with E-state index in [0.717, 1.165) is 16.7 Å². The molecule has 0 saturated carbocycles. The van der Waals surface area contributed by atoms with Crippen molar-refractivity contribution in [2.45, 2.75) is 20.8 Å². The molecule has 0 spiro atoms. The van der Waals surface area contributed by atoms with Gasteiger partial charge in [-0.1, -0.05) is 12.6 Å². The van der Waals surface area contributed by atoms with Gasteiger partial charge in [0.15, 0.2) is 0 Å². The summed E-state index contributed by atoms with van der Waals surface area (Å²) in [4.78, 5) is 8.56. The van der Waals surface area contributed by atoms with Crippen LogP contribution < -0.4 is 10.5 Å². The van der Waals surface area contributed by atoms with Gasteiger partial charge in [-0.25, -0.2) is 4.98 Å². The third-order valence-electron chi connectivity index (χ3n) is 4.02. The second-order valence-electron chi connectivity index (χ2n) is 6.48. The fourth-order valence-corrected chi connectivity index (χ4v) is 2.24. The van der Waals surface area contributed by atoms with E-state index < -0.39 is 0 Å². The van der Waals surface area contributed by atoms with Crippen molar-refractivity contribution in [3.05, 3.63) is 54.2 Å². The maximum absolute atomic E-state index is 7.39. The first-order chi connectivity index (χ1) is 11.7. The Morgan fingerprint density at radius 3 is 2.52 bits per heavy atom. The number of aromatic nitrogens is 2. The smallest absolute Gasteiger partial charge is 0.213 e. The molecule has 132 valence electrons. The highest BCUT2D eigenvalue weighted by molar-refractivity contribution is 5.93. The Morgan fingerprint density at radius 2 is 2.00 bits per heavy atom. The van der Waals surface area contributed by atoms with E-state index in [9.17, 15) is 0 Å². The van der Waals surface area contributed by atoms with Crippen molar-refractivity contribution >= 4 is 5.84 Å². The summed E-state index contributed by atoms with van der Waals surface area (Å²) >= 11 is 0. The molecule has 25 heavy (non-hydrogen) atoms. The summed E-state index contributed by atoms with van der Waals surface area (Å²) < 4.78 is 11.0. The molecule has 0 bridgehead atoms. The molecule has 0 radical (unpaired) electrons. The Kier molecular flexibility index (Phi) is 5.41. The molecule has 6 nitrogen and oxygen atoms in total. The summed E-state index contributed by atoms with van der Waals surface area (Å²) in [5.74, 6) is 1.16. The van der Waals surface area contributed by atoms with Crippen molar-refractivity contribution in [2.75, 3.05) is 13.7 Å². The van der Waals surface area contributed by atoms with Crippen LogP contribution in [0.5, 0.6) is 5.88 Å². The molecule has 0 fully saturated rings. The van der Waals surface area contributed by atoms with Crippen molar-refractivity contribution in [3.63, 3.8) is 0 Å². The second-order valence-corrected chi connectivity index (χ2v) is 6.48. The molecule has 0 unspecified atom stereocenters. The van der Waals surface area contributed by atoms with Crippen LogP contribution in [0.2, 0.25) is 0 Å². The molecule has 0 aliphatic rings. The highest BCUT2D eigenvalue weighted by Gasteiger charge is 2.24. The summed E-state index contributed by atoms with van der Waals surface area (Å²) in [5, 5.41) is 7.39. The van der Waals surface area contributed by atoms with Gasteiger partial charge >= 0.3 is 0 Å². The molecule has 0 saturated heterocycles. The molecular weight excluding hydrogens is 316 g/mol. The molecule has 2 heterocycles. The molecule has 6 heteroatoms. The van der Waals surface area contributed by atoms with Crippen molar-refractivity contribution in [1.82, 2.24) is 9.97 Å². The molecule has 0 aliphatic heterocycles. The number of methoxy groups -OCH3 is 1. The van der Waals surface area contributed by atoms with Crippen LogP contribution >= 0.6 is 0 Å². The lowest BCUT2D eigenvalue weighted by Crippen LogP contribution is -2.24. The summed E-state index contributed by atoms with van der Waals surface area (Å²) in [5.41, 5.74) is 8.46. The van der Waals surface area contributed by atoms with E-state index in [1.54, 1.807) is 25.6 Å². The van der Waals surface area contributed by atoms with Gasteiger partial charge in [-0.05, 0) is 32.4 Å². The summed E-state index contributed by atoms with van der Waals surface area (Å²) in [6.07, 6.45) is 3.44. The average Bonchev–Trinajstić information content (AvgIpc) is 2.59. The van der Waals surface area contributed by atoms with Crippen LogP contribution in [-0.4, -0.2) is 29.5 Å². The summed E-state index contributed by atoms with van der Waals surface area (Å²) in [6, 6.07) is 5.49. The lowest BCUT2D eigenvalue weighted by Gasteiger charge is -2.25. The van der Waals surface area contributed by atoms with Crippen molar-refractivity contribution in [2.24, 2.45) is 11.1 Å². The number of aryl methyl sites for hydroxylation is 1. The number of nitrogen functional groups attached to an aromatic ring is 1. The third-order valence-corrected chi connectivity index (χ3v) is 4.02. The number of amidine groups is 1. The first kappa shape index (κ1) is 18.4. The van der Waals surface area contributed by atoms with Gasteiger partial charge in [-0.3, -0.25) is 10.4 Å². The van der Waals surface area contributed by atoms with Gasteiger partial charge in [-0.2, -0.15) is 0 Å². The van der Waals surface area contributed by atoms with E-state index in [0.29, 0.717) is 23.9 Å². The number of nitrogens with two attached hydrogens (primary N) is 1. The van der Waals surface area contributed by atoms with Crippen LogP contribution in [0.4, 0.5) is 0 Å². The number of nitrogens with one attached hydrogen (secondary N) is 1. The topological polar surface area (TPSA) is 94.1 Å². The highest BCUT2D eigenvalue weighted by Crippen LogP contribution is 2.28. The van der Waals surface area contributed by atoms with E-state index in [4.69, 9.17) is 20.6 Å². The summed E-state index contributed by atoms with van der Waals surface area (Å²) in [6.45, 7) is 10.3. The number of nitrogens with zero attached hydrogens (tertiary/aromatic N) is 2. The monoisotopic (exact) mass is 340 g/mol. The SMILES string of the molecule is C=C(OC)C(C)(C)COc1cc(C)c(-c2ccc(C(=N)N)nc2)cn1. The predicted molar refractivity (Wildman–Crippen MR) is 98.6 cm³/mol. The van der Waals surface area contributed by atoms with Crippen LogP contribution in [0, 0.1) is 17.7 Å². The first-order valence-corrected chi connectivity index (χ1v) is 7.88. The van der Waals surface area contributed by atoms with E-state index in [1.807, 2.05) is 32.9 Å². The lowest BCUT2D eigenvalue weighted by molar-refractivity contribution is 0.130. The van der Waals surface area contributed by atoms with Gasteiger partial charge in [0.25, 0.3) is 0 Å². The highest BCUT2D eigenvalue weighted by atomic mass is 16.5. The van der Waals surface area contributed by atoms with Crippen molar-refractivity contribution in [1.29, 1.82) is 5.41 Å². The molecule has 0 aromatic carbocycles. The molecule has 2 rings (SSSR count). The number of rotatable bonds is 7. The third kappa shape index (κ3) is 4.35. The fourth-order valence-electron chi connectivity index (χ4n) is 2.24. The number of hydrogen-bond acceptors (Lipinski definition) is 5. The fraction of sp³-hybridized carbons (Fsp3) is 0.316. The minimum Gasteiger partial charge on any atom is -0.501 e.